The fraction of sp³-hybridized carbons (Fsp3) is 1.00. The lowest BCUT2D eigenvalue weighted by Gasteiger charge is -2.54. The van der Waals surface area contributed by atoms with Crippen molar-refractivity contribution >= 4 is 16.1 Å². The van der Waals surface area contributed by atoms with E-state index in [2.05, 4.69) is 67.7 Å². The topological polar surface area (TPSA) is 46.2 Å². The molecule has 0 bridgehead atoms. The first-order valence-corrected chi connectivity index (χ1v) is 14.7. The molecule has 0 aromatic carbocycles. The molecule has 1 aliphatic rings. The molecular weight excluding hydrogens is 290 g/mol. The largest absolute Gasteiger partial charge is 0.393 e. The standard InChI is InChI=1S/C17H39NOSi2/c1-15(2,3)20(7,8)12-17(19,13-11-14(13)18)21(9,10)16(4,5)6/h13-14,19H,11-12,18H2,1-10H3. The number of hydrogen-bond acceptors (Lipinski definition) is 2. The lowest BCUT2D eigenvalue weighted by molar-refractivity contribution is 0.102. The maximum Gasteiger partial charge on any atom is 0.0904 e. The summed E-state index contributed by atoms with van der Waals surface area (Å²) in [5.41, 5.74) is 6.20. The van der Waals surface area contributed by atoms with Gasteiger partial charge in [-0.05, 0) is 22.5 Å². The number of rotatable bonds is 4. The molecule has 1 fully saturated rings. The summed E-state index contributed by atoms with van der Waals surface area (Å²) in [6, 6.07) is 1.21. The third-order valence-corrected chi connectivity index (χ3v) is 19.5. The van der Waals surface area contributed by atoms with Gasteiger partial charge in [0.05, 0.1) is 21.4 Å². The van der Waals surface area contributed by atoms with Crippen molar-refractivity contribution < 1.29 is 5.11 Å². The highest BCUT2D eigenvalue weighted by Crippen LogP contribution is 2.56. The van der Waals surface area contributed by atoms with E-state index in [1.54, 1.807) is 0 Å². The summed E-state index contributed by atoms with van der Waals surface area (Å²) in [6.07, 6.45) is 1.01. The van der Waals surface area contributed by atoms with Crippen molar-refractivity contribution in [2.45, 2.75) is 102 Å². The molecule has 2 nitrogen and oxygen atoms in total. The van der Waals surface area contributed by atoms with Crippen molar-refractivity contribution in [2.75, 3.05) is 0 Å². The van der Waals surface area contributed by atoms with Gasteiger partial charge in [0, 0.05) is 12.0 Å². The van der Waals surface area contributed by atoms with Gasteiger partial charge in [0.25, 0.3) is 0 Å². The molecule has 1 aliphatic carbocycles. The van der Waals surface area contributed by atoms with Gasteiger partial charge >= 0.3 is 0 Å². The second kappa shape index (κ2) is 5.18. The first kappa shape index (κ1) is 19.4. The summed E-state index contributed by atoms with van der Waals surface area (Å²) in [5.74, 6) is 0.326. The van der Waals surface area contributed by atoms with Gasteiger partial charge in [0.2, 0.25) is 0 Å². The van der Waals surface area contributed by atoms with Crippen LogP contribution in [-0.2, 0) is 0 Å². The molecule has 0 aromatic heterocycles. The lowest BCUT2D eigenvalue weighted by Crippen LogP contribution is -2.65. The van der Waals surface area contributed by atoms with Crippen molar-refractivity contribution in [1.29, 1.82) is 0 Å². The molecule has 126 valence electrons. The van der Waals surface area contributed by atoms with E-state index in [0.29, 0.717) is 11.0 Å². The van der Waals surface area contributed by atoms with Crippen LogP contribution in [0.25, 0.3) is 0 Å². The first-order chi connectivity index (χ1) is 8.97. The SMILES string of the molecule is CC(C)(C)[Si](C)(C)CC(O)(C1CC1N)[Si](C)(C)C(C)(C)C. The Balaban J connectivity index is 3.25. The molecule has 21 heavy (non-hydrogen) atoms. The van der Waals surface area contributed by atoms with Gasteiger partial charge in [-0.2, -0.15) is 0 Å². The smallest absolute Gasteiger partial charge is 0.0904 e. The zero-order valence-electron chi connectivity index (χ0n) is 16.1. The van der Waals surface area contributed by atoms with Crippen LogP contribution in [0.1, 0.15) is 48.0 Å². The van der Waals surface area contributed by atoms with Crippen LogP contribution < -0.4 is 5.73 Å². The Hall–Kier alpha value is 0.354. The van der Waals surface area contributed by atoms with Crippen LogP contribution in [0.2, 0.25) is 42.3 Å². The summed E-state index contributed by atoms with van der Waals surface area (Å²) >= 11 is 0. The van der Waals surface area contributed by atoms with Crippen molar-refractivity contribution in [3.8, 4) is 0 Å². The van der Waals surface area contributed by atoms with Crippen LogP contribution in [0.4, 0.5) is 0 Å². The van der Waals surface area contributed by atoms with Crippen LogP contribution in [-0.4, -0.2) is 32.5 Å². The van der Waals surface area contributed by atoms with Gasteiger partial charge in [0.15, 0.2) is 0 Å². The molecule has 3 atom stereocenters. The van der Waals surface area contributed by atoms with Crippen LogP contribution in [0.5, 0.6) is 0 Å². The molecule has 0 radical (unpaired) electrons. The molecule has 3 unspecified atom stereocenters. The maximum atomic E-state index is 11.9. The molecule has 1 rings (SSSR count). The van der Waals surface area contributed by atoms with E-state index in [-0.39, 0.29) is 11.1 Å². The van der Waals surface area contributed by atoms with E-state index in [1.807, 2.05) is 0 Å². The number of nitrogens with two attached hydrogens (primary N) is 1. The van der Waals surface area contributed by atoms with Crippen molar-refractivity contribution in [3.63, 3.8) is 0 Å². The zero-order chi connectivity index (χ0) is 17.1. The van der Waals surface area contributed by atoms with Gasteiger partial charge in [-0.1, -0.05) is 67.7 Å². The predicted molar refractivity (Wildman–Crippen MR) is 100 cm³/mol. The van der Waals surface area contributed by atoms with E-state index < -0.39 is 21.4 Å². The Morgan fingerprint density at radius 2 is 1.33 bits per heavy atom. The second-order valence-electron chi connectivity index (χ2n) is 10.6. The van der Waals surface area contributed by atoms with Crippen LogP contribution in [0, 0.1) is 5.92 Å². The fourth-order valence-electron chi connectivity index (χ4n) is 3.17. The highest BCUT2D eigenvalue weighted by molar-refractivity contribution is 6.87. The Morgan fingerprint density at radius 3 is 1.57 bits per heavy atom. The normalized spacial score (nSPS) is 27.4. The molecule has 0 heterocycles. The molecule has 0 aliphatic heterocycles. The summed E-state index contributed by atoms with van der Waals surface area (Å²) in [6.45, 7) is 23.6. The maximum absolute atomic E-state index is 11.9. The third kappa shape index (κ3) is 3.33. The summed E-state index contributed by atoms with van der Waals surface area (Å²) in [7, 11) is -3.43. The van der Waals surface area contributed by atoms with Gasteiger partial charge in [-0.3, -0.25) is 0 Å². The lowest BCUT2D eigenvalue weighted by atomic mass is 10.2. The Bertz CT molecular complexity index is 393. The molecule has 3 N–H and O–H groups in total. The van der Waals surface area contributed by atoms with Crippen LogP contribution >= 0.6 is 0 Å². The molecule has 1 saturated carbocycles. The monoisotopic (exact) mass is 329 g/mol. The molecule has 0 aromatic rings. The van der Waals surface area contributed by atoms with E-state index in [9.17, 15) is 5.11 Å². The van der Waals surface area contributed by atoms with Crippen molar-refractivity contribution in [2.24, 2.45) is 11.7 Å². The van der Waals surface area contributed by atoms with E-state index >= 15 is 0 Å². The van der Waals surface area contributed by atoms with Gasteiger partial charge in [0.1, 0.15) is 0 Å². The minimum absolute atomic E-state index is 0.187. The molecule has 0 saturated heterocycles. The third-order valence-electron chi connectivity index (χ3n) is 7.15. The zero-order valence-corrected chi connectivity index (χ0v) is 18.1. The van der Waals surface area contributed by atoms with Crippen molar-refractivity contribution in [1.82, 2.24) is 0 Å². The minimum atomic E-state index is -1.88. The average Bonchev–Trinajstić information content (AvgIpc) is 2.91. The van der Waals surface area contributed by atoms with Crippen LogP contribution in [0.3, 0.4) is 0 Å². The fourth-order valence-corrected chi connectivity index (χ4v) is 11.0. The number of hydrogen-bond donors (Lipinski definition) is 2. The minimum Gasteiger partial charge on any atom is -0.393 e. The predicted octanol–water partition coefficient (Wildman–Crippen LogP) is 4.62. The molecule has 4 heteroatoms. The quantitative estimate of drug-likeness (QED) is 0.739. The van der Waals surface area contributed by atoms with E-state index in [0.717, 1.165) is 12.5 Å². The Labute approximate surface area is 134 Å². The van der Waals surface area contributed by atoms with Crippen molar-refractivity contribution in [3.05, 3.63) is 0 Å². The van der Waals surface area contributed by atoms with Crippen LogP contribution in [0.15, 0.2) is 0 Å². The Kier molecular flexibility index (Phi) is 4.79. The molecule has 0 amide bonds. The van der Waals surface area contributed by atoms with Gasteiger partial charge in [-0.25, -0.2) is 0 Å². The summed E-state index contributed by atoms with van der Waals surface area (Å²) < 4.78 is 0. The molecule has 0 spiro atoms. The van der Waals surface area contributed by atoms with Gasteiger partial charge in [-0.15, -0.1) is 0 Å². The summed E-state index contributed by atoms with van der Waals surface area (Å²) in [5, 5.41) is 11.9. The highest BCUT2D eigenvalue weighted by Gasteiger charge is 2.63. The van der Waals surface area contributed by atoms with E-state index in [1.165, 1.54) is 0 Å². The average molecular weight is 330 g/mol. The number of aliphatic hydroxyl groups is 1. The Morgan fingerprint density at radius 1 is 0.952 bits per heavy atom. The summed E-state index contributed by atoms with van der Waals surface area (Å²) in [4.78, 5) is 0. The van der Waals surface area contributed by atoms with E-state index in [4.69, 9.17) is 5.73 Å². The second-order valence-corrected chi connectivity index (χ2v) is 21.9. The first-order valence-electron chi connectivity index (χ1n) is 8.45. The highest BCUT2D eigenvalue weighted by atomic mass is 28.3. The molecular formula is C17H39NOSi2. The van der Waals surface area contributed by atoms with Gasteiger partial charge < -0.3 is 10.8 Å².